The maximum absolute atomic E-state index is 9.48. The highest BCUT2D eigenvalue weighted by molar-refractivity contribution is 7.40. The van der Waals surface area contributed by atoms with Crippen molar-refractivity contribution < 1.29 is 33.2 Å². The molecule has 9 heteroatoms. The lowest BCUT2D eigenvalue weighted by Gasteiger charge is -2.18. The third-order valence-electron chi connectivity index (χ3n) is 5.18. The monoisotopic (exact) mass is 495 g/mol. The molecule has 0 aromatic rings. The summed E-state index contributed by atoms with van der Waals surface area (Å²) in [6, 6.07) is 0. The van der Waals surface area contributed by atoms with E-state index < -0.39 is 14.7 Å². The van der Waals surface area contributed by atoms with E-state index in [0.717, 1.165) is 6.42 Å². The predicted molar refractivity (Wildman–Crippen MR) is 133 cm³/mol. The fourth-order valence-electron chi connectivity index (χ4n) is 3.31. The standard InChI is InChI=1S/C24H50NO7P/c1-3-4-5-6-7-8-9-10-11-12-13-14-15-16-17-18-19-28-20-24(29-23-27-2)21-31-33(26)32-30-22-25/h18-19,24,26H,3-17,20-23,25H2,1-2H3. The molecule has 2 unspecified atom stereocenters. The van der Waals surface area contributed by atoms with Crippen molar-refractivity contribution in [2.24, 2.45) is 5.73 Å². The highest BCUT2D eigenvalue weighted by Gasteiger charge is 2.15. The van der Waals surface area contributed by atoms with Gasteiger partial charge in [0.05, 0.1) is 12.9 Å². The SMILES string of the molecule is CCCCCCCCCCCCCCCCC=COCC(COP(O)OOCN)OCOC. The third-order valence-corrected chi connectivity index (χ3v) is 5.78. The van der Waals surface area contributed by atoms with Crippen LogP contribution in [0.1, 0.15) is 103 Å². The zero-order chi connectivity index (χ0) is 24.2. The number of allylic oxidation sites excluding steroid dienone is 1. The van der Waals surface area contributed by atoms with Gasteiger partial charge in [-0.05, 0) is 18.9 Å². The topological polar surface area (TPSA) is 102 Å². The van der Waals surface area contributed by atoms with Crippen LogP contribution in [0.25, 0.3) is 0 Å². The van der Waals surface area contributed by atoms with Crippen LogP contribution in [-0.2, 0) is 28.3 Å². The molecule has 0 fully saturated rings. The number of unbranched alkanes of at least 4 members (excludes halogenated alkanes) is 14. The van der Waals surface area contributed by atoms with Gasteiger partial charge in [-0.15, -0.1) is 0 Å². The van der Waals surface area contributed by atoms with Gasteiger partial charge in [0, 0.05) is 7.11 Å². The molecule has 0 aliphatic carbocycles. The Bertz CT molecular complexity index is 405. The van der Waals surface area contributed by atoms with Gasteiger partial charge in [0.2, 0.25) is 0 Å². The molecule has 0 rings (SSSR count). The normalized spacial score (nSPS) is 13.6. The van der Waals surface area contributed by atoms with E-state index in [4.69, 9.17) is 24.5 Å². The largest absolute Gasteiger partial charge is 0.499 e. The van der Waals surface area contributed by atoms with E-state index in [1.165, 1.54) is 97.0 Å². The highest BCUT2D eigenvalue weighted by atomic mass is 31.2. The van der Waals surface area contributed by atoms with Crippen molar-refractivity contribution in [2.45, 2.75) is 109 Å². The van der Waals surface area contributed by atoms with E-state index in [2.05, 4.69) is 16.5 Å². The fraction of sp³-hybridized carbons (Fsp3) is 0.917. The van der Waals surface area contributed by atoms with E-state index in [1.807, 2.05) is 6.08 Å². The molecule has 0 radical (unpaired) electrons. The Kier molecular flexibility index (Phi) is 27.7. The molecule has 0 saturated heterocycles. The second kappa shape index (κ2) is 27.9. The predicted octanol–water partition coefficient (Wildman–Crippen LogP) is 6.48. The molecule has 3 N–H and O–H groups in total. The van der Waals surface area contributed by atoms with Crippen molar-refractivity contribution in [1.29, 1.82) is 0 Å². The lowest BCUT2D eigenvalue weighted by Crippen LogP contribution is -2.25. The molecule has 0 aliphatic heterocycles. The second-order valence-corrected chi connectivity index (χ2v) is 9.06. The molecular formula is C24H50NO7P. The van der Waals surface area contributed by atoms with Gasteiger partial charge in [-0.1, -0.05) is 90.4 Å². The van der Waals surface area contributed by atoms with Crippen LogP contribution in [0.2, 0.25) is 0 Å². The zero-order valence-corrected chi connectivity index (χ0v) is 22.0. The Balaban J connectivity index is 3.53. The number of hydrogen-bond acceptors (Lipinski definition) is 8. The molecule has 2 atom stereocenters. The van der Waals surface area contributed by atoms with Crippen LogP contribution in [0.15, 0.2) is 12.3 Å². The Morgan fingerprint density at radius 1 is 0.848 bits per heavy atom. The molecule has 0 bridgehead atoms. The molecule has 8 nitrogen and oxygen atoms in total. The van der Waals surface area contributed by atoms with Crippen LogP contribution < -0.4 is 5.73 Å². The summed E-state index contributed by atoms with van der Waals surface area (Å²) in [4.78, 5) is 13.9. The van der Waals surface area contributed by atoms with E-state index in [1.54, 1.807) is 6.26 Å². The summed E-state index contributed by atoms with van der Waals surface area (Å²) in [5.74, 6) is 0. The fourth-order valence-corrected chi connectivity index (χ4v) is 3.80. The first-order valence-corrected chi connectivity index (χ1v) is 13.9. The lowest BCUT2D eigenvalue weighted by atomic mass is 10.0. The Labute approximate surface area is 203 Å². The van der Waals surface area contributed by atoms with Crippen molar-refractivity contribution >= 4 is 8.60 Å². The van der Waals surface area contributed by atoms with Crippen LogP contribution >= 0.6 is 8.60 Å². The first kappa shape index (κ1) is 32.7. The quantitative estimate of drug-likeness (QED) is 0.0333. The maximum atomic E-state index is 9.48. The minimum Gasteiger partial charge on any atom is -0.499 e. The molecule has 0 aromatic heterocycles. The van der Waals surface area contributed by atoms with Crippen molar-refractivity contribution in [2.75, 3.05) is 33.8 Å². The van der Waals surface area contributed by atoms with E-state index in [-0.39, 0.29) is 26.7 Å². The van der Waals surface area contributed by atoms with Crippen molar-refractivity contribution in [1.82, 2.24) is 0 Å². The molecule has 198 valence electrons. The second-order valence-electron chi connectivity index (χ2n) is 8.18. The minimum atomic E-state index is -2.17. The molecule has 33 heavy (non-hydrogen) atoms. The van der Waals surface area contributed by atoms with Crippen molar-refractivity contribution in [3.63, 3.8) is 0 Å². The zero-order valence-electron chi connectivity index (χ0n) is 21.1. The van der Waals surface area contributed by atoms with Crippen LogP contribution in [0.5, 0.6) is 0 Å². The molecule has 0 aliphatic rings. The Morgan fingerprint density at radius 3 is 1.97 bits per heavy atom. The van der Waals surface area contributed by atoms with Gasteiger partial charge in [0.1, 0.15) is 26.2 Å². The summed E-state index contributed by atoms with van der Waals surface area (Å²) in [7, 11) is -0.637. The molecule has 0 saturated carbocycles. The summed E-state index contributed by atoms with van der Waals surface area (Å²) >= 11 is 0. The molecule has 0 aromatic carbocycles. The van der Waals surface area contributed by atoms with Crippen LogP contribution in [-0.4, -0.2) is 44.8 Å². The van der Waals surface area contributed by atoms with Gasteiger partial charge in [-0.25, -0.2) is 4.89 Å². The summed E-state index contributed by atoms with van der Waals surface area (Å²) in [6.07, 6.45) is 23.4. The Hall–Kier alpha value is -0.310. The first-order valence-electron chi connectivity index (χ1n) is 12.7. The molecule has 0 spiro atoms. The van der Waals surface area contributed by atoms with Crippen molar-refractivity contribution in [3.05, 3.63) is 12.3 Å². The number of ether oxygens (including phenoxy) is 3. The average molecular weight is 496 g/mol. The summed E-state index contributed by atoms with van der Waals surface area (Å²) in [6.45, 7) is 2.56. The average Bonchev–Trinajstić information content (AvgIpc) is 2.83. The van der Waals surface area contributed by atoms with E-state index in [9.17, 15) is 4.89 Å². The van der Waals surface area contributed by atoms with Crippen molar-refractivity contribution in [3.8, 4) is 0 Å². The number of nitrogens with two attached hydrogens (primary N) is 1. The molecular weight excluding hydrogens is 445 g/mol. The van der Waals surface area contributed by atoms with E-state index in [0.29, 0.717) is 0 Å². The van der Waals surface area contributed by atoms with E-state index >= 15 is 0 Å². The van der Waals surface area contributed by atoms with Gasteiger partial charge in [-0.2, -0.15) is 4.67 Å². The van der Waals surface area contributed by atoms with Gasteiger partial charge in [0.25, 0.3) is 0 Å². The smallest absolute Gasteiger partial charge is 0.360 e. The summed E-state index contributed by atoms with van der Waals surface area (Å²) < 4.78 is 25.5. The first-order chi connectivity index (χ1) is 16.2. The Morgan fingerprint density at radius 2 is 1.42 bits per heavy atom. The molecule has 0 amide bonds. The van der Waals surface area contributed by atoms with Gasteiger partial charge in [0.15, 0.2) is 0 Å². The number of hydrogen-bond donors (Lipinski definition) is 2. The summed E-state index contributed by atoms with van der Waals surface area (Å²) in [5, 5.41) is 0. The number of rotatable bonds is 27. The van der Waals surface area contributed by atoms with Gasteiger partial charge < -0.3 is 29.4 Å². The lowest BCUT2D eigenvalue weighted by molar-refractivity contribution is -0.215. The maximum Gasteiger partial charge on any atom is 0.360 e. The van der Waals surface area contributed by atoms with Crippen LogP contribution in [0.3, 0.4) is 0 Å². The number of methoxy groups -OCH3 is 1. The van der Waals surface area contributed by atoms with Gasteiger partial charge >= 0.3 is 8.60 Å². The van der Waals surface area contributed by atoms with Crippen LogP contribution in [0.4, 0.5) is 0 Å². The highest BCUT2D eigenvalue weighted by Crippen LogP contribution is 2.32. The molecule has 0 heterocycles. The van der Waals surface area contributed by atoms with Crippen LogP contribution in [0, 0.1) is 0 Å². The minimum absolute atomic E-state index is 0.0757. The third kappa shape index (κ3) is 26.1. The van der Waals surface area contributed by atoms with Gasteiger partial charge in [-0.3, -0.25) is 0 Å². The summed E-state index contributed by atoms with van der Waals surface area (Å²) in [5.41, 5.74) is 5.11.